The van der Waals surface area contributed by atoms with Crippen molar-refractivity contribution in [2.75, 3.05) is 13.2 Å². The Balaban J connectivity index is 1.33. The van der Waals surface area contributed by atoms with Crippen molar-refractivity contribution < 1.29 is 14.3 Å². The van der Waals surface area contributed by atoms with Crippen LogP contribution in [0.1, 0.15) is 50.6 Å². The highest BCUT2D eigenvalue weighted by Crippen LogP contribution is 2.34. The number of carbonyl (C=O) groups is 1. The van der Waals surface area contributed by atoms with E-state index in [0.29, 0.717) is 37.6 Å². The Morgan fingerprint density at radius 2 is 1.92 bits per heavy atom. The second-order valence-corrected chi connectivity index (χ2v) is 7.37. The first kappa shape index (κ1) is 15.8. The van der Waals surface area contributed by atoms with Gasteiger partial charge in [-0.3, -0.25) is 4.79 Å². The molecule has 0 spiro atoms. The fourth-order valence-electron chi connectivity index (χ4n) is 4.32. The number of hydrogen-bond acceptors (Lipinski definition) is 4. The molecule has 2 N–H and O–H groups in total. The molecule has 0 aliphatic carbocycles. The van der Waals surface area contributed by atoms with E-state index in [1.165, 1.54) is 12.8 Å². The molecule has 5 heteroatoms. The lowest BCUT2D eigenvalue weighted by Crippen LogP contribution is -2.40. The Hall–Kier alpha value is -1.75. The van der Waals surface area contributed by atoms with E-state index < -0.39 is 0 Å². The van der Waals surface area contributed by atoms with Gasteiger partial charge in [0.05, 0.1) is 6.04 Å². The zero-order valence-corrected chi connectivity index (χ0v) is 14.2. The second kappa shape index (κ2) is 6.63. The Labute approximate surface area is 143 Å². The smallest absolute Gasteiger partial charge is 0.220 e. The lowest BCUT2D eigenvalue weighted by molar-refractivity contribution is -0.122. The number of carbonyl (C=O) groups excluding carboxylic acids is 1. The average molecular weight is 330 g/mol. The van der Waals surface area contributed by atoms with Crippen LogP contribution < -0.4 is 20.1 Å². The molecule has 24 heavy (non-hydrogen) atoms. The number of fused-ring (bicyclic) bond motifs is 3. The predicted molar refractivity (Wildman–Crippen MR) is 91.3 cm³/mol. The first-order valence-electron chi connectivity index (χ1n) is 9.12. The molecule has 1 amide bonds. The number of amides is 1. The van der Waals surface area contributed by atoms with Gasteiger partial charge >= 0.3 is 0 Å². The lowest BCUT2D eigenvalue weighted by Gasteiger charge is -2.29. The Kier molecular flexibility index (Phi) is 4.35. The van der Waals surface area contributed by atoms with E-state index in [0.717, 1.165) is 29.9 Å². The minimum absolute atomic E-state index is 0.0215. The molecule has 3 aliphatic rings. The van der Waals surface area contributed by atoms with Gasteiger partial charge in [0, 0.05) is 18.5 Å². The summed E-state index contributed by atoms with van der Waals surface area (Å²) in [5.74, 6) is 2.24. The summed E-state index contributed by atoms with van der Waals surface area (Å²) in [5.41, 5.74) is 1.05. The zero-order valence-electron chi connectivity index (χ0n) is 14.2. The van der Waals surface area contributed by atoms with Gasteiger partial charge < -0.3 is 20.1 Å². The zero-order chi connectivity index (χ0) is 16.5. The molecule has 0 radical (unpaired) electrons. The molecule has 3 heterocycles. The number of piperidine rings is 1. The van der Waals surface area contributed by atoms with Gasteiger partial charge in [-0.25, -0.2) is 0 Å². The van der Waals surface area contributed by atoms with Crippen LogP contribution in [0.15, 0.2) is 18.2 Å². The van der Waals surface area contributed by atoms with E-state index in [1.54, 1.807) is 0 Å². The standard InChI is InChI=1S/C19H26N2O3/c1-12(14-2-5-17-18(11-14)24-7-6-23-17)20-19(22)10-13-8-15-3-4-16(9-13)21-15/h2,5,11-13,15-16,21H,3-4,6-10H2,1H3,(H,20,22). The van der Waals surface area contributed by atoms with E-state index in [2.05, 4.69) is 10.6 Å². The summed E-state index contributed by atoms with van der Waals surface area (Å²) in [7, 11) is 0. The Morgan fingerprint density at radius 3 is 2.67 bits per heavy atom. The number of benzene rings is 1. The van der Waals surface area contributed by atoms with Crippen LogP contribution in [-0.2, 0) is 4.79 Å². The third kappa shape index (κ3) is 3.36. The van der Waals surface area contributed by atoms with Crippen LogP contribution >= 0.6 is 0 Å². The molecule has 3 atom stereocenters. The number of rotatable bonds is 4. The van der Waals surface area contributed by atoms with Crippen LogP contribution in [0.2, 0.25) is 0 Å². The number of hydrogen-bond donors (Lipinski definition) is 2. The van der Waals surface area contributed by atoms with Crippen LogP contribution in [0.25, 0.3) is 0 Å². The quantitative estimate of drug-likeness (QED) is 0.891. The highest BCUT2D eigenvalue weighted by Gasteiger charge is 2.34. The van der Waals surface area contributed by atoms with Crippen molar-refractivity contribution in [1.29, 1.82) is 0 Å². The van der Waals surface area contributed by atoms with Crippen molar-refractivity contribution in [2.45, 2.75) is 57.2 Å². The minimum atomic E-state index is -0.0215. The van der Waals surface area contributed by atoms with Gasteiger partial charge in [-0.1, -0.05) is 6.07 Å². The maximum atomic E-state index is 12.4. The van der Waals surface area contributed by atoms with Crippen LogP contribution in [0, 0.1) is 5.92 Å². The number of nitrogens with one attached hydrogen (secondary N) is 2. The third-order valence-corrected chi connectivity index (χ3v) is 5.49. The van der Waals surface area contributed by atoms with E-state index in [1.807, 2.05) is 25.1 Å². The van der Waals surface area contributed by atoms with E-state index in [-0.39, 0.29) is 11.9 Å². The van der Waals surface area contributed by atoms with E-state index >= 15 is 0 Å². The van der Waals surface area contributed by atoms with Crippen LogP contribution in [0.5, 0.6) is 11.5 Å². The fourth-order valence-corrected chi connectivity index (χ4v) is 4.32. The van der Waals surface area contributed by atoms with Gasteiger partial charge in [-0.15, -0.1) is 0 Å². The van der Waals surface area contributed by atoms with Crippen molar-refractivity contribution in [3.8, 4) is 11.5 Å². The molecule has 3 unspecified atom stereocenters. The molecule has 2 fully saturated rings. The van der Waals surface area contributed by atoms with E-state index in [4.69, 9.17) is 9.47 Å². The fraction of sp³-hybridized carbons (Fsp3) is 0.632. The van der Waals surface area contributed by atoms with Gasteiger partial charge in [-0.05, 0) is 56.2 Å². The van der Waals surface area contributed by atoms with Gasteiger partial charge in [0.25, 0.3) is 0 Å². The summed E-state index contributed by atoms with van der Waals surface area (Å²) in [6, 6.07) is 7.16. The Bertz CT molecular complexity index is 607. The summed E-state index contributed by atoms with van der Waals surface area (Å²) in [6.07, 6.45) is 5.47. The highest BCUT2D eigenvalue weighted by molar-refractivity contribution is 5.76. The van der Waals surface area contributed by atoms with E-state index in [9.17, 15) is 4.79 Å². The molecule has 0 aromatic heterocycles. The molecular weight excluding hydrogens is 304 g/mol. The van der Waals surface area contributed by atoms with Crippen molar-refractivity contribution >= 4 is 5.91 Å². The normalized spacial score (nSPS) is 29.1. The van der Waals surface area contributed by atoms with Crippen LogP contribution in [0.4, 0.5) is 0 Å². The van der Waals surface area contributed by atoms with Gasteiger partial charge in [0.1, 0.15) is 13.2 Å². The molecular formula is C19H26N2O3. The minimum Gasteiger partial charge on any atom is -0.486 e. The summed E-state index contributed by atoms with van der Waals surface area (Å²) in [5, 5.41) is 6.78. The molecule has 4 rings (SSSR count). The molecule has 5 nitrogen and oxygen atoms in total. The number of ether oxygens (including phenoxy) is 2. The molecule has 0 saturated carbocycles. The SMILES string of the molecule is CC(NC(=O)CC1CC2CCC(C1)N2)c1ccc2c(c1)OCCO2. The second-order valence-electron chi connectivity index (χ2n) is 7.37. The lowest BCUT2D eigenvalue weighted by atomic mass is 9.89. The van der Waals surface area contributed by atoms with Crippen molar-refractivity contribution in [2.24, 2.45) is 5.92 Å². The molecule has 130 valence electrons. The average Bonchev–Trinajstić information content (AvgIpc) is 2.92. The molecule has 3 aliphatic heterocycles. The topological polar surface area (TPSA) is 59.6 Å². The summed E-state index contributed by atoms with van der Waals surface area (Å²) in [6.45, 7) is 3.20. The first-order valence-corrected chi connectivity index (χ1v) is 9.12. The van der Waals surface area contributed by atoms with Crippen molar-refractivity contribution in [3.05, 3.63) is 23.8 Å². The van der Waals surface area contributed by atoms with Crippen LogP contribution in [0.3, 0.4) is 0 Å². The first-order chi connectivity index (χ1) is 11.7. The van der Waals surface area contributed by atoms with Crippen LogP contribution in [-0.4, -0.2) is 31.2 Å². The molecule has 1 aromatic rings. The summed E-state index contributed by atoms with van der Waals surface area (Å²) in [4.78, 5) is 12.4. The maximum absolute atomic E-state index is 12.4. The largest absolute Gasteiger partial charge is 0.486 e. The summed E-state index contributed by atoms with van der Waals surface area (Å²) >= 11 is 0. The molecule has 2 saturated heterocycles. The molecule has 2 bridgehead atoms. The van der Waals surface area contributed by atoms with Gasteiger partial charge in [0.2, 0.25) is 5.91 Å². The predicted octanol–water partition coefficient (Wildman–Crippen LogP) is 2.56. The Morgan fingerprint density at radius 1 is 1.21 bits per heavy atom. The van der Waals surface area contributed by atoms with Gasteiger partial charge in [-0.2, -0.15) is 0 Å². The maximum Gasteiger partial charge on any atom is 0.220 e. The summed E-state index contributed by atoms with van der Waals surface area (Å²) < 4.78 is 11.2. The third-order valence-electron chi connectivity index (χ3n) is 5.49. The molecule has 1 aromatic carbocycles. The van der Waals surface area contributed by atoms with Gasteiger partial charge in [0.15, 0.2) is 11.5 Å². The van der Waals surface area contributed by atoms with Crippen molar-refractivity contribution in [1.82, 2.24) is 10.6 Å². The monoisotopic (exact) mass is 330 g/mol. The highest BCUT2D eigenvalue weighted by atomic mass is 16.6. The van der Waals surface area contributed by atoms with Crippen molar-refractivity contribution in [3.63, 3.8) is 0 Å².